The number of nitrogens with one attached hydrogen (secondary N) is 3. The Kier molecular flexibility index (Phi) is 4.54. The van der Waals surface area contributed by atoms with Crippen molar-refractivity contribution in [1.29, 1.82) is 0 Å². The number of carbonyl (C=O) groups is 2. The van der Waals surface area contributed by atoms with Crippen molar-refractivity contribution >= 4 is 22.7 Å². The van der Waals surface area contributed by atoms with Crippen molar-refractivity contribution < 1.29 is 14.3 Å². The maximum absolute atomic E-state index is 12.6. The number of carbonyl (C=O) groups excluding carboxylic acids is 2. The maximum atomic E-state index is 12.6. The summed E-state index contributed by atoms with van der Waals surface area (Å²) in [6, 6.07) is 9.26. The summed E-state index contributed by atoms with van der Waals surface area (Å²) in [4.78, 5) is 27.8. The lowest BCUT2D eigenvalue weighted by Crippen LogP contribution is -2.36. The van der Waals surface area contributed by atoms with Gasteiger partial charge < -0.3 is 20.4 Å². The molecule has 4 rings (SSSR count). The molecule has 0 saturated carbocycles. The van der Waals surface area contributed by atoms with Crippen LogP contribution < -0.4 is 15.4 Å². The minimum Gasteiger partial charge on any atom is -0.497 e. The molecule has 146 valence electrons. The highest BCUT2D eigenvalue weighted by Gasteiger charge is 2.27. The number of amides is 2. The Morgan fingerprint density at radius 2 is 2.07 bits per heavy atom. The monoisotopic (exact) mass is 381 g/mol. The van der Waals surface area contributed by atoms with Crippen LogP contribution in [0.2, 0.25) is 0 Å². The lowest BCUT2D eigenvalue weighted by Gasteiger charge is -2.11. The fourth-order valence-electron chi connectivity index (χ4n) is 3.47. The molecule has 0 unspecified atom stereocenters. The molecular formula is C20H23N5O3. The summed E-state index contributed by atoms with van der Waals surface area (Å²) in [5.41, 5.74) is 2.72. The Morgan fingerprint density at radius 1 is 1.25 bits per heavy atom. The number of hydrogen-bond acceptors (Lipinski definition) is 4. The first-order valence-corrected chi connectivity index (χ1v) is 9.28. The highest BCUT2D eigenvalue weighted by molar-refractivity contribution is 5.98. The molecule has 2 amide bonds. The van der Waals surface area contributed by atoms with E-state index in [9.17, 15) is 9.59 Å². The molecule has 1 aliphatic rings. The lowest BCUT2D eigenvalue weighted by atomic mass is 10.2. The lowest BCUT2D eigenvalue weighted by molar-refractivity contribution is 0.0921. The maximum Gasteiger partial charge on any atom is 0.271 e. The summed E-state index contributed by atoms with van der Waals surface area (Å²) in [5, 5.41) is 11.2. The quantitative estimate of drug-likeness (QED) is 0.628. The minimum atomic E-state index is -0.175. The van der Waals surface area contributed by atoms with E-state index in [4.69, 9.17) is 4.74 Å². The van der Waals surface area contributed by atoms with Crippen LogP contribution in [0.4, 0.5) is 0 Å². The Hall–Kier alpha value is -3.29. The van der Waals surface area contributed by atoms with Gasteiger partial charge in [-0.25, -0.2) is 0 Å². The number of H-pyrrole nitrogens is 1. The van der Waals surface area contributed by atoms with E-state index in [-0.39, 0.29) is 23.9 Å². The fraction of sp³-hybridized carbons (Fsp3) is 0.350. The highest BCUT2D eigenvalue weighted by atomic mass is 16.5. The van der Waals surface area contributed by atoms with Gasteiger partial charge in [0.25, 0.3) is 11.8 Å². The van der Waals surface area contributed by atoms with Gasteiger partial charge in [-0.2, -0.15) is 5.10 Å². The van der Waals surface area contributed by atoms with E-state index in [1.807, 2.05) is 38.1 Å². The van der Waals surface area contributed by atoms with Crippen molar-refractivity contribution in [3.8, 4) is 5.75 Å². The van der Waals surface area contributed by atoms with Crippen molar-refractivity contribution in [2.45, 2.75) is 38.9 Å². The molecule has 1 aromatic carbocycles. The van der Waals surface area contributed by atoms with Crippen LogP contribution in [-0.2, 0) is 13.0 Å². The molecule has 3 N–H and O–H groups in total. The number of aromatic nitrogens is 3. The molecule has 1 aliphatic heterocycles. The van der Waals surface area contributed by atoms with Gasteiger partial charge in [-0.1, -0.05) is 0 Å². The Bertz CT molecular complexity index is 1030. The third kappa shape index (κ3) is 3.45. The molecule has 0 saturated heterocycles. The standard InChI is InChI=1S/C20H23N5O3/c1-11(2)21-20(27)18-8-14-7-13(10-25(14)24-18)22-19(26)17-6-12-4-5-15(28-3)9-16(12)23-17/h4-6,8-9,11,13,23H,7,10H2,1-3H3,(H,21,27)(H,22,26)/t13-/m0/s1. The van der Waals surface area contributed by atoms with Gasteiger partial charge >= 0.3 is 0 Å². The van der Waals surface area contributed by atoms with Crippen LogP contribution in [0, 0.1) is 0 Å². The average Bonchev–Trinajstić information content (AvgIpc) is 3.32. The molecule has 1 atom stereocenters. The molecule has 3 heterocycles. The summed E-state index contributed by atoms with van der Waals surface area (Å²) in [5.74, 6) is 0.398. The average molecular weight is 381 g/mol. The predicted octanol–water partition coefficient (Wildman–Crippen LogP) is 1.87. The number of benzene rings is 1. The zero-order valence-corrected chi connectivity index (χ0v) is 16.1. The third-order valence-electron chi connectivity index (χ3n) is 4.77. The van der Waals surface area contributed by atoms with E-state index in [1.165, 1.54) is 0 Å². The largest absolute Gasteiger partial charge is 0.497 e. The summed E-state index contributed by atoms with van der Waals surface area (Å²) in [7, 11) is 1.61. The predicted molar refractivity (Wildman–Crippen MR) is 105 cm³/mol. The first-order valence-electron chi connectivity index (χ1n) is 9.28. The first-order chi connectivity index (χ1) is 13.4. The number of ether oxygens (including phenoxy) is 1. The van der Waals surface area contributed by atoms with Gasteiger partial charge in [-0.15, -0.1) is 0 Å². The van der Waals surface area contributed by atoms with E-state index in [0.29, 0.717) is 24.4 Å². The van der Waals surface area contributed by atoms with E-state index in [2.05, 4.69) is 20.7 Å². The van der Waals surface area contributed by atoms with Crippen molar-refractivity contribution in [3.05, 3.63) is 47.4 Å². The second kappa shape index (κ2) is 7.03. The van der Waals surface area contributed by atoms with Crippen molar-refractivity contribution in [1.82, 2.24) is 25.4 Å². The number of fused-ring (bicyclic) bond motifs is 2. The van der Waals surface area contributed by atoms with Crippen molar-refractivity contribution in [3.63, 3.8) is 0 Å². The van der Waals surface area contributed by atoms with Crippen LogP contribution in [0.1, 0.15) is 40.5 Å². The van der Waals surface area contributed by atoms with Crippen LogP contribution in [-0.4, -0.2) is 45.8 Å². The molecular weight excluding hydrogens is 358 g/mol. The molecule has 28 heavy (non-hydrogen) atoms. The molecule has 0 fully saturated rings. The highest BCUT2D eigenvalue weighted by Crippen LogP contribution is 2.22. The molecule has 3 aromatic rings. The van der Waals surface area contributed by atoms with Gasteiger partial charge in [0.15, 0.2) is 0 Å². The summed E-state index contributed by atoms with van der Waals surface area (Å²) in [6.07, 6.45) is 0.641. The number of nitrogens with zero attached hydrogens (tertiary/aromatic N) is 2. The van der Waals surface area contributed by atoms with E-state index < -0.39 is 0 Å². The molecule has 0 aliphatic carbocycles. The van der Waals surface area contributed by atoms with Gasteiger partial charge in [0.2, 0.25) is 0 Å². The minimum absolute atomic E-state index is 0.0573. The summed E-state index contributed by atoms with van der Waals surface area (Å²) < 4.78 is 7.00. The van der Waals surface area contributed by atoms with Crippen molar-refractivity contribution in [2.75, 3.05) is 7.11 Å². The second-order valence-corrected chi connectivity index (χ2v) is 7.34. The number of rotatable bonds is 5. The van der Waals surface area contributed by atoms with E-state index in [0.717, 1.165) is 22.3 Å². The van der Waals surface area contributed by atoms with Gasteiger partial charge in [0, 0.05) is 35.1 Å². The SMILES string of the molecule is COc1ccc2cc(C(=O)N[C@H]3Cc4cc(C(=O)NC(C)C)nn4C3)[nH]c2c1. The third-order valence-corrected chi connectivity index (χ3v) is 4.77. The van der Waals surface area contributed by atoms with E-state index >= 15 is 0 Å². The Balaban J connectivity index is 1.41. The van der Waals surface area contributed by atoms with Gasteiger partial charge in [0.1, 0.15) is 17.1 Å². The fourth-order valence-corrected chi connectivity index (χ4v) is 3.47. The first kappa shape index (κ1) is 18.1. The molecule has 0 bridgehead atoms. The van der Waals surface area contributed by atoms with Crippen LogP contribution in [0.5, 0.6) is 5.75 Å². The molecule has 0 spiro atoms. The van der Waals surface area contributed by atoms with E-state index in [1.54, 1.807) is 17.9 Å². The Labute approximate surface area is 162 Å². The van der Waals surface area contributed by atoms with Crippen LogP contribution in [0.15, 0.2) is 30.3 Å². The van der Waals surface area contributed by atoms with Crippen LogP contribution in [0.3, 0.4) is 0 Å². The zero-order chi connectivity index (χ0) is 19.8. The molecule has 0 radical (unpaired) electrons. The van der Waals surface area contributed by atoms with Crippen LogP contribution in [0.25, 0.3) is 10.9 Å². The number of aromatic amines is 1. The van der Waals surface area contributed by atoms with Gasteiger partial charge in [-0.05, 0) is 38.1 Å². The number of methoxy groups -OCH3 is 1. The second-order valence-electron chi connectivity index (χ2n) is 7.34. The Morgan fingerprint density at radius 3 is 2.79 bits per heavy atom. The normalized spacial score (nSPS) is 15.6. The molecule has 8 nitrogen and oxygen atoms in total. The number of hydrogen-bond donors (Lipinski definition) is 3. The molecule has 2 aromatic heterocycles. The molecule has 8 heteroatoms. The van der Waals surface area contributed by atoms with Gasteiger partial charge in [0.05, 0.1) is 19.7 Å². The van der Waals surface area contributed by atoms with Crippen molar-refractivity contribution in [2.24, 2.45) is 0 Å². The van der Waals surface area contributed by atoms with Crippen LogP contribution >= 0.6 is 0 Å². The smallest absolute Gasteiger partial charge is 0.271 e. The zero-order valence-electron chi connectivity index (χ0n) is 16.1. The topological polar surface area (TPSA) is 101 Å². The summed E-state index contributed by atoms with van der Waals surface area (Å²) >= 11 is 0. The van der Waals surface area contributed by atoms with Gasteiger partial charge in [-0.3, -0.25) is 14.3 Å². The summed E-state index contributed by atoms with van der Waals surface area (Å²) in [6.45, 7) is 4.37.